The molecule has 1 saturated heterocycles. The van der Waals surface area contributed by atoms with Crippen LogP contribution < -0.4 is 16.0 Å². The standard InChI is InChI=1S/C27H37N5O3/c1-3-32-23(10-13-29-32)25(33)31-24(19-6-4-18(2)5-7-19)26(34)30-20-8-9-21-22(16-20)28-17-27(21)11-14-35-15-12-27/h8-10,13,16,18-19,24,28H,3-7,11-12,14-15,17H2,1-2H3,(H,30,34)(H,31,33)/t18-,19-,24-/m0/s1. The zero-order valence-corrected chi connectivity index (χ0v) is 20.8. The van der Waals surface area contributed by atoms with Gasteiger partial charge in [0.25, 0.3) is 5.91 Å². The highest BCUT2D eigenvalue weighted by atomic mass is 16.5. The van der Waals surface area contributed by atoms with E-state index in [-0.39, 0.29) is 23.1 Å². The smallest absolute Gasteiger partial charge is 0.270 e. The average Bonchev–Trinajstić information content (AvgIpc) is 3.49. The summed E-state index contributed by atoms with van der Waals surface area (Å²) in [5.41, 5.74) is 3.78. The molecule has 0 unspecified atom stereocenters. The van der Waals surface area contributed by atoms with E-state index in [9.17, 15) is 9.59 Å². The van der Waals surface area contributed by atoms with Crippen molar-refractivity contribution in [2.24, 2.45) is 11.8 Å². The number of nitrogens with zero attached hydrogens (tertiary/aromatic N) is 2. The van der Waals surface area contributed by atoms with E-state index in [0.717, 1.165) is 69.7 Å². The Morgan fingerprint density at radius 1 is 1.20 bits per heavy atom. The highest BCUT2D eigenvalue weighted by Gasteiger charge is 2.40. The topological polar surface area (TPSA) is 97.3 Å². The van der Waals surface area contributed by atoms with Gasteiger partial charge in [0, 0.05) is 49.3 Å². The third-order valence-electron chi connectivity index (χ3n) is 8.28. The van der Waals surface area contributed by atoms with Crippen LogP contribution in [0.15, 0.2) is 30.5 Å². The number of aromatic nitrogens is 2. The summed E-state index contributed by atoms with van der Waals surface area (Å²) in [4.78, 5) is 26.7. The number of ether oxygens (including phenoxy) is 1. The lowest BCUT2D eigenvalue weighted by Gasteiger charge is -2.33. The van der Waals surface area contributed by atoms with Gasteiger partial charge in [-0.05, 0) is 68.2 Å². The van der Waals surface area contributed by atoms with E-state index < -0.39 is 6.04 Å². The Hall–Kier alpha value is -2.87. The summed E-state index contributed by atoms with van der Waals surface area (Å²) >= 11 is 0. The minimum absolute atomic E-state index is 0.117. The fourth-order valence-electron chi connectivity index (χ4n) is 6.03. The first kappa shape index (κ1) is 23.9. The van der Waals surface area contributed by atoms with E-state index in [1.807, 2.05) is 19.1 Å². The highest BCUT2D eigenvalue weighted by molar-refractivity contribution is 6.01. The second-order valence-corrected chi connectivity index (χ2v) is 10.5. The van der Waals surface area contributed by atoms with Crippen molar-refractivity contribution in [2.45, 2.75) is 70.4 Å². The molecule has 2 aromatic rings. The Balaban J connectivity index is 1.33. The lowest BCUT2D eigenvalue weighted by molar-refractivity contribution is -0.119. The van der Waals surface area contributed by atoms with Gasteiger partial charge in [-0.1, -0.05) is 25.8 Å². The van der Waals surface area contributed by atoms with E-state index in [2.05, 4.69) is 34.0 Å². The van der Waals surface area contributed by atoms with Crippen LogP contribution in [0.4, 0.5) is 11.4 Å². The van der Waals surface area contributed by atoms with E-state index in [1.165, 1.54) is 5.56 Å². The van der Waals surface area contributed by atoms with Gasteiger partial charge in [-0.2, -0.15) is 5.10 Å². The van der Waals surface area contributed by atoms with Crippen molar-refractivity contribution in [2.75, 3.05) is 30.4 Å². The number of carbonyl (C=O) groups is 2. The lowest BCUT2D eigenvalue weighted by atomic mass is 9.76. The van der Waals surface area contributed by atoms with Crippen molar-refractivity contribution in [3.8, 4) is 0 Å². The number of hydrogen-bond acceptors (Lipinski definition) is 5. The van der Waals surface area contributed by atoms with Gasteiger partial charge in [0.05, 0.1) is 0 Å². The molecule has 0 bridgehead atoms. The molecule has 1 aromatic carbocycles. The molecular weight excluding hydrogens is 442 g/mol. The number of fused-ring (bicyclic) bond motifs is 2. The maximum atomic E-state index is 13.6. The number of anilines is 2. The van der Waals surface area contributed by atoms with Gasteiger partial charge in [0.15, 0.2) is 0 Å². The van der Waals surface area contributed by atoms with Crippen molar-refractivity contribution >= 4 is 23.2 Å². The minimum Gasteiger partial charge on any atom is -0.384 e. The normalized spacial score (nSPS) is 23.8. The monoisotopic (exact) mass is 479 g/mol. The van der Waals surface area contributed by atoms with E-state index in [1.54, 1.807) is 16.9 Å². The van der Waals surface area contributed by atoms with Crippen LogP contribution in [0, 0.1) is 11.8 Å². The number of hydrogen-bond donors (Lipinski definition) is 3. The highest BCUT2D eigenvalue weighted by Crippen LogP contribution is 2.44. The van der Waals surface area contributed by atoms with Gasteiger partial charge in [0.2, 0.25) is 5.91 Å². The molecule has 3 aliphatic rings. The summed E-state index contributed by atoms with van der Waals surface area (Å²) in [6, 6.07) is 7.29. The summed E-state index contributed by atoms with van der Waals surface area (Å²) in [5, 5.41) is 13.9. The Morgan fingerprint density at radius 2 is 1.97 bits per heavy atom. The number of amides is 2. The number of rotatable bonds is 6. The predicted molar refractivity (Wildman–Crippen MR) is 136 cm³/mol. The molecule has 8 heteroatoms. The molecule has 5 rings (SSSR count). The number of carbonyl (C=O) groups excluding carboxylic acids is 2. The van der Waals surface area contributed by atoms with E-state index in [0.29, 0.717) is 18.2 Å². The SMILES string of the molecule is CCn1nccc1C(=O)N[C@H](C(=O)Nc1ccc2c(c1)NCC21CCOCC1)[C@H]1CC[C@H](C)CC1. The molecule has 2 amide bonds. The first-order valence-corrected chi connectivity index (χ1v) is 13.1. The fourth-order valence-corrected chi connectivity index (χ4v) is 6.03. The number of benzene rings is 1. The summed E-state index contributed by atoms with van der Waals surface area (Å²) in [6.45, 7) is 7.29. The summed E-state index contributed by atoms with van der Waals surface area (Å²) in [6.07, 6.45) is 7.67. The zero-order valence-electron chi connectivity index (χ0n) is 20.8. The van der Waals surface area contributed by atoms with Crippen LogP contribution in [0.2, 0.25) is 0 Å². The quantitative estimate of drug-likeness (QED) is 0.583. The molecule has 2 aliphatic heterocycles. The fraction of sp³-hybridized carbons (Fsp3) is 0.593. The summed E-state index contributed by atoms with van der Waals surface area (Å²) < 4.78 is 7.24. The largest absolute Gasteiger partial charge is 0.384 e. The Bertz CT molecular complexity index is 1070. The van der Waals surface area contributed by atoms with E-state index in [4.69, 9.17) is 4.74 Å². The molecule has 3 N–H and O–H groups in total. The lowest BCUT2D eigenvalue weighted by Crippen LogP contribution is -2.49. The van der Waals surface area contributed by atoms with Gasteiger partial charge < -0.3 is 20.7 Å². The third kappa shape index (κ3) is 4.81. The predicted octanol–water partition coefficient (Wildman–Crippen LogP) is 3.94. The molecule has 2 fully saturated rings. The number of aryl methyl sites for hydroxylation is 1. The van der Waals surface area contributed by atoms with Crippen molar-refractivity contribution in [1.29, 1.82) is 0 Å². The molecule has 3 heterocycles. The van der Waals surface area contributed by atoms with Crippen LogP contribution in [0.5, 0.6) is 0 Å². The number of nitrogens with one attached hydrogen (secondary N) is 3. The van der Waals surface area contributed by atoms with Crippen molar-refractivity contribution < 1.29 is 14.3 Å². The Morgan fingerprint density at radius 3 is 2.71 bits per heavy atom. The van der Waals surface area contributed by atoms with Crippen molar-refractivity contribution in [3.05, 3.63) is 41.7 Å². The molecule has 1 aliphatic carbocycles. The summed E-state index contributed by atoms with van der Waals surface area (Å²) in [5.74, 6) is 0.373. The Labute approximate surface area is 207 Å². The summed E-state index contributed by atoms with van der Waals surface area (Å²) in [7, 11) is 0. The molecule has 188 valence electrons. The molecule has 1 aromatic heterocycles. The average molecular weight is 480 g/mol. The maximum absolute atomic E-state index is 13.6. The van der Waals surface area contributed by atoms with Gasteiger partial charge in [-0.3, -0.25) is 14.3 Å². The van der Waals surface area contributed by atoms with Gasteiger partial charge in [-0.15, -0.1) is 0 Å². The van der Waals surface area contributed by atoms with E-state index >= 15 is 0 Å². The van der Waals surface area contributed by atoms with Crippen LogP contribution in [0.1, 0.15) is 68.4 Å². The molecule has 1 atom stereocenters. The second-order valence-electron chi connectivity index (χ2n) is 10.5. The Kier molecular flexibility index (Phi) is 6.82. The van der Waals surface area contributed by atoms with Gasteiger partial charge in [0.1, 0.15) is 11.7 Å². The van der Waals surface area contributed by atoms with Crippen LogP contribution in [-0.4, -0.2) is 47.4 Å². The van der Waals surface area contributed by atoms with Gasteiger partial charge >= 0.3 is 0 Å². The molecule has 1 spiro atoms. The minimum atomic E-state index is -0.585. The molecule has 8 nitrogen and oxygen atoms in total. The third-order valence-corrected chi connectivity index (χ3v) is 8.28. The first-order chi connectivity index (χ1) is 17.0. The first-order valence-electron chi connectivity index (χ1n) is 13.1. The molecular formula is C27H37N5O3. The van der Waals surface area contributed by atoms with Crippen LogP contribution >= 0.6 is 0 Å². The molecule has 1 saturated carbocycles. The zero-order chi connectivity index (χ0) is 24.4. The van der Waals surface area contributed by atoms with Crippen molar-refractivity contribution in [1.82, 2.24) is 15.1 Å². The maximum Gasteiger partial charge on any atom is 0.270 e. The van der Waals surface area contributed by atoms with Crippen molar-refractivity contribution in [3.63, 3.8) is 0 Å². The van der Waals surface area contributed by atoms with Gasteiger partial charge in [-0.25, -0.2) is 0 Å². The van der Waals surface area contributed by atoms with Crippen LogP contribution in [0.25, 0.3) is 0 Å². The second kappa shape index (κ2) is 10.0. The van der Waals surface area contributed by atoms with Crippen LogP contribution in [0.3, 0.4) is 0 Å². The molecule has 35 heavy (non-hydrogen) atoms. The molecule has 0 radical (unpaired) electrons. The van der Waals surface area contributed by atoms with Crippen LogP contribution in [-0.2, 0) is 21.5 Å².